The molecular weight excluding hydrogens is 360 g/mol. The fourth-order valence-corrected chi connectivity index (χ4v) is 4.24. The van der Waals surface area contributed by atoms with Gasteiger partial charge in [-0.05, 0) is 37.5 Å². The summed E-state index contributed by atoms with van der Waals surface area (Å²) in [4.78, 5) is 27.1. The average Bonchev–Trinajstić information content (AvgIpc) is 3.35. The van der Waals surface area contributed by atoms with Crippen molar-refractivity contribution in [2.24, 2.45) is 5.92 Å². The molecule has 154 valence electrons. The Kier molecular flexibility index (Phi) is 6.31. The van der Waals surface area contributed by atoms with Gasteiger partial charge in [0.1, 0.15) is 0 Å². The van der Waals surface area contributed by atoms with Gasteiger partial charge in [-0.25, -0.2) is 0 Å². The monoisotopic (exact) mass is 390 g/mol. The maximum absolute atomic E-state index is 12.8. The second-order valence-corrected chi connectivity index (χ2v) is 7.57. The molecule has 1 saturated carbocycles. The molecule has 3 rings (SSSR count). The summed E-state index contributed by atoms with van der Waals surface area (Å²) in [7, 11) is 4.68. The standard InChI is InChI=1S/C21H30N2O5/c1-13(14-9-17(26-2)20(28-4)18(10-14)27-3)22-21(25)15-11-19(24)23(12-15)16-7-5-6-8-16/h9-10,13,15-16H,5-8,11-12H2,1-4H3,(H,22,25). The van der Waals surface area contributed by atoms with Crippen molar-refractivity contribution in [3.8, 4) is 17.2 Å². The Bertz CT molecular complexity index is 705. The van der Waals surface area contributed by atoms with E-state index in [2.05, 4.69) is 5.32 Å². The van der Waals surface area contributed by atoms with E-state index >= 15 is 0 Å². The van der Waals surface area contributed by atoms with E-state index in [-0.39, 0.29) is 23.8 Å². The summed E-state index contributed by atoms with van der Waals surface area (Å²) < 4.78 is 16.1. The summed E-state index contributed by atoms with van der Waals surface area (Å²) >= 11 is 0. The molecule has 1 aliphatic carbocycles. The van der Waals surface area contributed by atoms with E-state index in [1.807, 2.05) is 24.0 Å². The van der Waals surface area contributed by atoms with Crippen LogP contribution in [0.2, 0.25) is 0 Å². The highest BCUT2D eigenvalue weighted by molar-refractivity contribution is 5.89. The first kappa shape index (κ1) is 20.3. The highest BCUT2D eigenvalue weighted by Crippen LogP contribution is 2.39. The van der Waals surface area contributed by atoms with Crippen LogP contribution in [-0.2, 0) is 9.59 Å². The molecule has 1 aromatic carbocycles. The van der Waals surface area contributed by atoms with Crippen molar-refractivity contribution < 1.29 is 23.8 Å². The number of ether oxygens (including phenoxy) is 3. The van der Waals surface area contributed by atoms with Crippen LogP contribution in [0.3, 0.4) is 0 Å². The number of nitrogens with zero attached hydrogens (tertiary/aromatic N) is 1. The zero-order chi connectivity index (χ0) is 20.3. The minimum absolute atomic E-state index is 0.0879. The van der Waals surface area contributed by atoms with E-state index in [9.17, 15) is 9.59 Å². The predicted molar refractivity (Wildman–Crippen MR) is 105 cm³/mol. The first-order valence-electron chi connectivity index (χ1n) is 9.88. The molecule has 28 heavy (non-hydrogen) atoms. The van der Waals surface area contributed by atoms with Gasteiger partial charge in [-0.15, -0.1) is 0 Å². The summed E-state index contributed by atoms with van der Waals surface area (Å²) in [5.74, 6) is 1.32. The summed E-state index contributed by atoms with van der Waals surface area (Å²) in [5.41, 5.74) is 0.847. The quantitative estimate of drug-likeness (QED) is 0.775. The third-order valence-electron chi connectivity index (χ3n) is 5.84. The average molecular weight is 390 g/mol. The Morgan fingerprint density at radius 1 is 1.11 bits per heavy atom. The molecule has 1 heterocycles. The number of carbonyl (C=O) groups excluding carboxylic acids is 2. The summed E-state index contributed by atoms with van der Waals surface area (Å²) in [6, 6.07) is 3.73. The molecule has 1 N–H and O–H groups in total. The molecule has 0 aromatic heterocycles. The topological polar surface area (TPSA) is 77.1 Å². The van der Waals surface area contributed by atoms with Crippen molar-refractivity contribution in [3.05, 3.63) is 17.7 Å². The molecule has 1 saturated heterocycles. The van der Waals surface area contributed by atoms with Gasteiger partial charge in [0.15, 0.2) is 11.5 Å². The summed E-state index contributed by atoms with van der Waals surface area (Å²) in [5, 5.41) is 3.04. The number of carbonyl (C=O) groups is 2. The van der Waals surface area contributed by atoms with Crippen LogP contribution in [0.25, 0.3) is 0 Å². The van der Waals surface area contributed by atoms with E-state index in [0.717, 1.165) is 18.4 Å². The van der Waals surface area contributed by atoms with Gasteiger partial charge >= 0.3 is 0 Å². The number of benzene rings is 1. The van der Waals surface area contributed by atoms with Crippen LogP contribution in [0.15, 0.2) is 12.1 Å². The predicted octanol–water partition coefficient (Wildman–Crippen LogP) is 2.68. The molecule has 1 aromatic rings. The molecule has 2 aliphatic rings. The van der Waals surface area contributed by atoms with Gasteiger partial charge in [0, 0.05) is 19.0 Å². The van der Waals surface area contributed by atoms with Gasteiger partial charge in [0.05, 0.1) is 33.3 Å². The van der Waals surface area contributed by atoms with Crippen LogP contribution in [0.4, 0.5) is 0 Å². The lowest BCUT2D eigenvalue weighted by Crippen LogP contribution is -2.37. The van der Waals surface area contributed by atoms with Crippen molar-refractivity contribution in [1.82, 2.24) is 10.2 Å². The van der Waals surface area contributed by atoms with E-state index in [1.165, 1.54) is 12.8 Å². The Balaban J connectivity index is 1.68. The third kappa shape index (κ3) is 4.03. The van der Waals surface area contributed by atoms with Crippen LogP contribution in [0.1, 0.15) is 50.6 Å². The molecule has 0 radical (unpaired) electrons. The molecule has 2 amide bonds. The largest absolute Gasteiger partial charge is 0.493 e. The van der Waals surface area contributed by atoms with Gasteiger partial charge in [0.25, 0.3) is 0 Å². The van der Waals surface area contributed by atoms with Gasteiger partial charge in [-0.1, -0.05) is 12.8 Å². The Labute approximate surface area is 166 Å². The summed E-state index contributed by atoms with van der Waals surface area (Å²) in [6.45, 7) is 2.43. The third-order valence-corrected chi connectivity index (χ3v) is 5.84. The number of likely N-dealkylation sites (tertiary alicyclic amines) is 1. The van der Waals surface area contributed by atoms with Crippen LogP contribution in [-0.4, -0.2) is 50.6 Å². The molecule has 2 atom stereocenters. The fourth-order valence-electron chi connectivity index (χ4n) is 4.24. The maximum atomic E-state index is 12.8. The molecule has 7 heteroatoms. The van der Waals surface area contributed by atoms with E-state index < -0.39 is 0 Å². The van der Waals surface area contributed by atoms with Crippen LogP contribution >= 0.6 is 0 Å². The highest BCUT2D eigenvalue weighted by atomic mass is 16.5. The minimum atomic E-state index is -0.294. The van der Waals surface area contributed by atoms with Gasteiger partial charge in [-0.2, -0.15) is 0 Å². The molecule has 0 spiro atoms. The Hall–Kier alpha value is -2.44. The number of hydrogen-bond donors (Lipinski definition) is 1. The normalized spacial score (nSPS) is 20.9. The van der Waals surface area contributed by atoms with Crippen molar-refractivity contribution in [2.75, 3.05) is 27.9 Å². The number of rotatable bonds is 7. The number of methoxy groups -OCH3 is 3. The molecule has 1 aliphatic heterocycles. The van der Waals surface area contributed by atoms with Crippen LogP contribution in [0.5, 0.6) is 17.2 Å². The number of nitrogens with one attached hydrogen (secondary N) is 1. The first-order chi connectivity index (χ1) is 13.5. The van der Waals surface area contributed by atoms with Crippen molar-refractivity contribution >= 4 is 11.8 Å². The van der Waals surface area contributed by atoms with Crippen molar-refractivity contribution in [1.29, 1.82) is 0 Å². The van der Waals surface area contributed by atoms with Crippen molar-refractivity contribution in [2.45, 2.75) is 51.1 Å². The second kappa shape index (κ2) is 8.71. The molecular formula is C21H30N2O5. The molecule has 2 fully saturated rings. The maximum Gasteiger partial charge on any atom is 0.225 e. The fraction of sp³-hybridized carbons (Fsp3) is 0.619. The molecule has 2 unspecified atom stereocenters. The van der Waals surface area contributed by atoms with E-state index in [1.54, 1.807) is 21.3 Å². The number of amides is 2. The second-order valence-electron chi connectivity index (χ2n) is 7.57. The van der Waals surface area contributed by atoms with Crippen molar-refractivity contribution in [3.63, 3.8) is 0 Å². The zero-order valence-electron chi connectivity index (χ0n) is 17.1. The number of hydrogen-bond acceptors (Lipinski definition) is 5. The SMILES string of the molecule is COc1cc(C(C)NC(=O)C2CC(=O)N(C3CCCC3)C2)cc(OC)c1OC. The highest BCUT2D eigenvalue weighted by Gasteiger charge is 2.39. The molecule has 0 bridgehead atoms. The first-order valence-corrected chi connectivity index (χ1v) is 9.88. The van der Waals surface area contributed by atoms with Crippen LogP contribution < -0.4 is 19.5 Å². The smallest absolute Gasteiger partial charge is 0.225 e. The van der Waals surface area contributed by atoms with E-state index in [0.29, 0.717) is 36.3 Å². The lowest BCUT2D eigenvalue weighted by Gasteiger charge is -2.24. The lowest BCUT2D eigenvalue weighted by atomic mass is 10.0. The van der Waals surface area contributed by atoms with Crippen LogP contribution in [0, 0.1) is 5.92 Å². The Morgan fingerprint density at radius 3 is 2.25 bits per heavy atom. The van der Waals surface area contributed by atoms with Gasteiger partial charge in [0.2, 0.25) is 17.6 Å². The van der Waals surface area contributed by atoms with Gasteiger partial charge in [-0.3, -0.25) is 9.59 Å². The minimum Gasteiger partial charge on any atom is -0.493 e. The van der Waals surface area contributed by atoms with E-state index in [4.69, 9.17) is 14.2 Å². The lowest BCUT2D eigenvalue weighted by molar-refractivity contribution is -0.130. The van der Waals surface area contributed by atoms with Gasteiger partial charge < -0.3 is 24.4 Å². The molecule has 7 nitrogen and oxygen atoms in total. The summed E-state index contributed by atoms with van der Waals surface area (Å²) in [6.07, 6.45) is 4.75. The Morgan fingerprint density at radius 2 is 1.71 bits per heavy atom. The zero-order valence-corrected chi connectivity index (χ0v) is 17.1.